The molecule has 0 saturated carbocycles. The molecule has 0 saturated heterocycles. The topological polar surface area (TPSA) is 45.4 Å². The maximum atomic E-state index is 6.00. The van der Waals surface area contributed by atoms with Crippen molar-refractivity contribution >= 4 is 22.9 Å². The maximum absolute atomic E-state index is 6.00. The monoisotopic (exact) mass is 254 g/mol. The predicted octanol–water partition coefficient (Wildman–Crippen LogP) is 2.56. The summed E-state index contributed by atoms with van der Waals surface area (Å²) in [4.78, 5) is 9.01. The van der Waals surface area contributed by atoms with Crippen molar-refractivity contribution in [3.05, 3.63) is 42.1 Å². The highest BCUT2D eigenvalue weighted by atomic mass is 15.3. The van der Waals surface area contributed by atoms with Crippen LogP contribution in [0.25, 0.3) is 0 Å². The number of aryl methyl sites for hydroxylation is 1. The number of hydrogen-bond donors (Lipinski definition) is 1. The van der Waals surface area contributed by atoms with Gasteiger partial charge in [-0.2, -0.15) is 0 Å². The van der Waals surface area contributed by atoms with Crippen LogP contribution in [0.2, 0.25) is 0 Å². The summed E-state index contributed by atoms with van der Waals surface area (Å²) >= 11 is 0. The number of nitrogens with two attached hydrogens (primary N) is 1. The van der Waals surface area contributed by atoms with Gasteiger partial charge in [0.25, 0.3) is 0 Å². The number of nitrogens with zero attached hydrogens (tertiary/aromatic N) is 3. The van der Waals surface area contributed by atoms with Crippen molar-refractivity contribution < 1.29 is 0 Å². The standard InChI is InChI=1S/C15H18N4/c1-11-10-17-15(9-12(11)16)19-8-7-18(2)13-5-3-4-6-14(13)19/h3-6,9-10H,7-8H2,1-2H3,(H2,16,17). The number of anilines is 4. The number of aromatic nitrogens is 1. The second-order valence-electron chi connectivity index (χ2n) is 4.96. The number of para-hydroxylation sites is 2. The number of pyridine rings is 1. The van der Waals surface area contributed by atoms with Crippen LogP contribution in [0.15, 0.2) is 36.5 Å². The van der Waals surface area contributed by atoms with E-state index in [0.29, 0.717) is 0 Å². The summed E-state index contributed by atoms with van der Waals surface area (Å²) in [5.74, 6) is 0.920. The zero-order chi connectivity index (χ0) is 13.4. The van der Waals surface area contributed by atoms with Gasteiger partial charge in [-0.1, -0.05) is 12.1 Å². The Kier molecular flexibility index (Phi) is 2.78. The molecule has 2 heterocycles. The minimum atomic E-state index is 0.793. The summed E-state index contributed by atoms with van der Waals surface area (Å²) in [5, 5.41) is 0. The number of nitrogen functional groups attached to an aromatic ring is 1. The number of hydrogen-bond acceptors (Lipinski definition) is 4. The first-order valence-corrected chi connectivity index (χ1v) is 6.46. The Morgan fingerprint density at radius 3 is 2.63 bits per heavy atom. The summed E-state index contributed by atoms with van der Waals surface area (Å²) < 4.78 is 0. The van der Waals surface area contributed by atoms with Crippen LogP contribution < -0.4 is 15.5 Å². The highest BCUT2D eigenvalue weighted by Crippen LogP contribution is 2.36. The molecule has 1 aromatic heterocycles. The van der Waals surface area contributed by atoms with Crippen LogP contribution in [0.5, 0.6) is 0 Å². The van der Waals surface area contributed by atoms with E-state index in [2.05, 4.69) is 46.1 Å². The highest BCUT2D eigenvalue weighted by molar-refractivity contribution is 5.78. The van der Waals surface area contributed by atoms with Gasteiger partial charge < -0.3 is 15.5 Å². The van der Waals surface area contributed by atoms with Crippen molar-refractivity contribution in [1.82, 2.24) is 4.98 Å². The Hall–Kier alpha value is -2.23. The second kappa shape index (κ2) is 4.46. The van der Waals surface area contributed by atoms with Crippen molar-refractivity contribution in [3.63, 3.8) is 0 Å². The largest absolute Gasteiger partial charge is 0.398 e. The molecule has 19 heavy (non-hydrogen) atoms. The van der Waals surface area contributed by atoms with E-state index in [9.17, 15) is 0 Å². The van der Waals surface area contributed by atoms with Crippen LogP contribution in [0.3, 0.4) is 0 Å². The van der Waals surface area contributed by atoms with Crippen LogP contribution >= 0.6 is 0 Å². The van der Waals surface area contributed by atoms with Crippen molar-refractivity contribution in [2.75, 3.05) is 35.7 Å². The zero-order valence-electron chi connectivity index (χ0n) is 11.3. The van der Waals surface area contributed by atoms with Crippen LogP contribution in [-0.2, 0) is 0 Å². The normalized spacial score (nSPS) is 14.4. The van der Waals surface area contributed by atoms with E-state index in [0.717, 1.165) is 30.2 Å². The molecule has 4 nitrogen and oxygen atoms in total. The molecule has 4 heteroatoms. The summed E-state index contributed by atoms with van der Waals surface area (Å²) in [6, 6.07) is 10.3. The lowest BCUT2D eigenvalue weighted by atomic mass is 10.1. The van der Waals surface area contributed by atoms with E-state index < -0.39 is 0 Å². The summed E-state index contributed by atoms with van der Waals surface area (Å²) in [6.07, 6.45) is 1.84. The van der Waals surface area contributed by atoms with E-state index >= 15 is 0 Å². The van der Waals surface area contributed by atoms with E-state index in [1.165, 1.54) is 11.4 Å². The van der Waals surface area contributed by atoms with E-state index in [-0.39, 0.29) is 0 Å². The van der Waals surface area contributed by atoms with Crippen LogP contribution in [0.4, 0.5) is 22.9 Å². The van der Waals surface area contributed by atoms with Crippen molar-refractivity contribution in [1.29, 1.82) is 0 Å². The van der Waals surface area contributed by atoms with Gasteiger partial charge in [-0.3, -0.25) is 0 Å². The molecule has 0 spiro atoms. The number of benzene rings is 1. The lowest BCUT2D eigenvalue weighted by Crippen LogP contribution is -2.36. The Morgan fingerprint density at radius 2 is 1.89 bits per heavy atom. The zero-order valence-corrected chi connectivity index (χ0v) is 11.3. The molecular weight excluding hydrogens is 236 g/mol. The maximum Gasteiger partial charge on any atom is 0.135 e. The molecule has 98 valence electrons. The molecule has 0 fully saturated rings. The van der Waals surface area contributed by atoms with Gasteiger partial charge in [0, 0.05) is 38.1 Å². The molecule has 2 N–H and O–H groups in total. The quantitative estimate of drug-likeness (QED) is 0.849. The minimum absolute atomic E-state index is 0.793. The SMILES string of the molecule is Cc1cnc(N2CCN(C)c3ccccc32)cc1N. The molecule has 0 atom stereocenters. The molecule has 2 aromatic rings. The molecule has 1 aromatic carbocycles. The Labute approximate surface area is 113 Å². The third-order valence-electron chi connectivity index (χ3n) is 3.65. The van der Waals surface area contributed by atoms with Gasteiger partial charge in [-0.25, -0.2) is 4.98 Å². The summed E-state index contributed by atoms with van der Waals surface area (Å²) in [7, 11) is 2.12. The van der Waals surface area contributed by atoms with Gasteiger partial charge in [-0.15, -0.1) is 0 Å². The predicted molar refractivity (Wildman–Crippen MR) is 80.1 cm³/mol. The van der Waals surface area contributed by atoms with E-state index in [1.54, 1.807) is 0 Å². The first-order chi connectivity index (χ1) is 9.16. The van der Waals surface area contributed by atoms with Gasteiger partial charge in [0.2, 0.25) is 0 Å². The number of rotatable bonds is 1. The van der Waals surface area contributed by atoms with E-state index in [1.807, 2.05) is 19.2 Å². The smallest absolute Gasteiger partial charge is 0.135 e. The average molecular weight is 254 g/mol. The Balaban J connectivity index is 2.07. The van der Waals surface area contributed by atoms with Crippen molar-refractivity contribution in [2.24, 2.45) is 0 Å². The molecule has 0 bridgehead atoms. The second-order valence-corrected chi connectivity index (χ2v) is 4.96. The van der Waals surface area contributed by atoms with Gasteiger partial charge >= 0.3 is 0 Å². The van der Waals surface area contributed by atoms with Gasteiger partial charge in [-0.05, 0) is 24.6 Å². The number of fused-ring (bicyclic) bond motifs is 1. The number of likely N-dealkylation sites (N-methyl/N-ethyl adjacent to an activating group) is 1. The Bertz CT molecular complexity index is 609. The minimum Gasteiger partial charge on any atom is -0.398 e. The van der Waals surface area contributed by atoms with Crippen LogP contribution in [0, 0.1) is 6.92 Å². The first-order valence-electron chi connectivity index (χ1n) is 6.46. The summed E-state index contributed by atoms with van der Waals surface area (Å²) in [6.45, 7) is 3.87. The van der Waals surface area contributed by atoms with Gasteiger partial charge in [0.05, 0.1) is 11.4 Å². The average Bonchev–Trinajstić information content (AvgIpc) is 2.43. The molecular formula is C15H18N4. The third kappa shape index (κ3) is 1.99. The van der Waals surface area contributed by atoms with Crippen molar-refractivity contribution in [3.8, 4) is 0 Å². The molecule has 0 unspecified atom stereocenters. The fourth-order valence-corrected chi connectivity index (χ4v) is 2.42. The molecule has 1 aliphatic heterocycles. The first kappa shape index (κ1) is 11.8. The molecule has 0 radical (unpaired) electrons. The fraction of sp³-hybridized carbons (Fsp3) is 0.267. The molecule has 0 amide bonds. The lowest BCUT2D eigenvalue weighted by molar-refractivity contribution is 0.813. The van der Waals surface area contributed by atoms with Gasteiger partial charge in [0.1, 0.15) is 5.82 Å². The fourth-order valence-electron chi connectivity index (χ4n) is 2.42. The molecule has 0 aliphatic carbocycles. The lowest BCUT2D eigenvalue weighted by Gasteiger charge is -2.36. The highest BCUT2D eigenvalue weighted by Gasteiger charge is 2.21. The van der Waals surface area contributed by atoms with E-state index in [4.69, 9.17) is 5.73 Å². The Morgan fingerprint density at radius 1 is 1.16 bits per heavy atom. The van der Waals surface area contributed by atoms with Crippen LogP contribution in [0.1, 0.15) is 5.56 Å². The van der Waals surface area contributed by atoms with Crippen molar-refractivity contribution in [2.45, 2.75) is 6.92 Å². The van der Waals surface area contributed by atoms with Gasteiger partial charge in [0.15, 0.2) is 0 Å². The summed E-state index contributed by atoms with van der Waals surface area (Å²) in [5.41, 5.74) is 10.2. The molecule has 3 rings (SSSR count). The third-order valence-corrected chi connectivity index (χ3v) is 3.65. The van der Waals surface area contributed by atoms with Crippen LogP contribution in [-0.4, -0.2) is 25.1 Å². The molecule has 1 aliphatic rings.